The van der Waals surface area contributed by atoms with Crippen molar-refractivity contribution in [1.29, 1.82) is 0 Å². The summed E-state index contributed by atoms with van der Waals surface area (Å²) in [7, 11) is 0. The van der Waals surface area contributed by atoms with Gasteiger partial charge in [-0.3, -0.25) is 0 Å². The fourth-order valence-electron chi connectivity index (χ4n) is 2.03. The number of benzene rings is 1. The van der Waals surface area contributed by atoms with Crippen molar-refractivity contribution in [3.8, 4) is 11.5 Å². The molecule has 0 aromatic heterocycles. The fourth-order valence-corrected chi connectivity index (χ4v) is 3.18. The van der Waals surface area contributed by atoms with E-state index in [1.807, 2.05) is 43.8 Å². The molecule has 1 unspecified atom stereocenters. The highest BCUT2D eigenvalue weighted by Gasteiger charge is 2.17. The molecule has 1 fully saturated rings. The van der Waals surface area contributed by atoms with E-state index in [0.29, 0.717) is 19.3 Å². The molecule has 1 aliphatic rings. The van der Waals surface area contributed by atoms with E-state index in [0.717, 1.165) is 17.2 Å². The Morgan fingerprint density at radius 2 is 2.11 bits per heavy atom. The lowest BCUT2D eigenvalue weighted by Gasteiger charge is -2.17. The monoisotopic (exact) mass is 267 g/mol. The molecular weight excluding hydrogens is 246 g/mol. The van der Waals surface area contributed by atoms with Gasteiger partial charge in [0, 0.05) is 17.9 Å². The van der Waals surface area contributed by atoms with Gasteiger partial charge in [0.15, 0.2) is 0 Å². The van der Waals surface area contributed by atoms with Gasteiger partial charge in [0.1, 0.15) is 11.5 Å². The fraction of sp³-hybridized carbons (Fsp3) is 0.571. The summed E-state index contributed by atoms with van der Waals surface area (Å²) in [6, 6.07) is 6.53. The molecule has 4 heteroatoms. The maximum Gasteiger partial charge on any atom is 0.142 e. The summed E-state index contributed by atoms with van der Waals surface area (Å²) in [5, 5.41) is 3.57. The van der Waals surface area contributed by atoms with E-state index < -0.39 is 0 Å². The maximum atomic E-state index is 5.66. The average Bonchev–Trinajstić information content (AvgIpc) is 2.86. The van der Waals surface area contributed by atoms with Crippen LogP contribution in [0.4, 0.5) is 5.69 Å². The Morgan fingerprint density at radius 1 is 1.28 bits per heavy atom. The number of rotatable bonds is 6. The van der Waals surface area contributed by atoms with Crippen LogP contribution in [0.3, 0.4) is 0 Å². The van der Waals surface area contributed by atoms with Crippen LogP contribution in [0.15, 0.2) is 18.2 Å². The van der Waals surface area contributed by atoms with Crippen molar-refractivity contribution in [2.45, 2.75) is 26.3 Å². The van der Waals surface area contributed by atoms with Crippen LogP contribution in [0, 0.1) is 0 Å². The van der Waals surface area contributed by atoms with E-state index >= 15 is 0 Å². The first kappa shape index (κ1) is 13.4. The third-order valence-corrected chi connectivity index (χ3v) is 4.01. The Hall–Kier alpha value is -1.03. The van der Waals surface area contributed by atoms with Gasteiger partial charge in [-0.15, -0.1) is 0 Å². The molecule has 1 heterocycles. The molecule has 1 N–H and O–H groups in total. The van der Waals surface area contributed by atoms with Gasteiger partial charge in [-0.25, -0.2) is 0 Å². The molecule has 1 atom stereocenters. The molecule has 100 valence electrons. The quantitative estimate of drug-likeness (QED) is 0.855. The molecule has 1 aliphatic heterocycles. The first-order chi connectivity index (χ1) is 8.83. The van der Waals surface area contributed by atoms with Crippen LogP contribution >= 0.6 is 11.8 Å². The molecule has 0 aliphatic carbocycles. The van der Waals surface area contributed by atoms with Crippen LogP contribution in [0.25, 0.3) is 0 Å². The SMILES string of the molecule is CCOc1ccc(OCC)c(NC2CCSC2)c1. The molecule has 1 aromatic rings. The predicted molar refractivity (Wildman–Crippen MR) is 78.1 cm³/mol. The van der Waals surface area contributed by atoms with Gasteiger partial charge in [0.05, 0.1) is 18.9 Å². The standard InChI is InChI=1S/C14H21NO2S/c1-3-16-12-5-6-14(17-4-2)13(9-12)15-11-7-8-18-10-11/h5-6,9,11,15H,3-4,7-8,10H2,1-2H3. The lowest BCUT2D eigenvalue weighted by atomic mass is 10.2. The summed E-state index contributed by atoms with van der Waals surface area (Å²) in [5.41, 5.74) is 1.05. The van der Waals surface area contributed by atoms with Crippen LogP contribution in [-0.2, 0) is 0 Å². The minimum absolute atomic E-state index is 0.547. The molecule has 0 amide bonds. The first-order valence-electron chi connectivity index (χ1n) is 6.57. The summed E-state index contributed by atoms with van der Waals surface area (Å²) in [4.78, 5) is 0. The summed E-state index contributed by atoms with van der Waals surface area (Å²) < 4.78 is 11.2. The number of ether oxygens (including phenoxy) is 2. The van der Waals surface area contributed by atoms with Gasteiger partial charge in [0.25, 0.3) is 0 Å². The lowest BCUT2D eigenvalue weighted by molar-refractivity contribution is 0.331. The van der Waals surface area contributed by atoms with Crippen molar-refractivity contribution in [1.82, 2.24) is 0 Å². The number of hydrogen-bond donors (Lipinski definition) is 1. The van der Waals surface area contributed by atoms with E-state index in [4.69, 9.17) is 9.47 Å². The smallest absolute Gasteiger partial charge is 0.142 e. The largest absolute Gasteiger partial charge is 0.494 e. The molecule has 0 radical (unpaired) electrons. The van der Waals surface area contributed by atoms with Crippen LogP contribution in [0.2, 0.25) is 0 Å². The van der Waals surface area contributed by atoms with Crippen LogP contribution in [0.5, 0.6) is 11.5 Å². The van der Waals surface area contributed by atoms with E-state index in [1.54, 1.807) is 0 Å². The predicted octanol–water partition coefficient (Wildman–Crippen LogP) is 3.40. The molecule has 0 saturated carbocycles. The van der Waals surface area contributed by atoms with Crippen molar-refractivity contribution in [3.05, 3.63) is 18.2 Å². The zero-order valence-electron chi connectivity index (χ0n) is 11.1. The van der Waals surface area contributed by atoms with Crippen molar-refractivity contribution in [2.75, 3.05) is 30.0 Å². The third kappa shape index (κ3) is 3.48. The zero-order valence-corrected chi connectivity index (χ0v) is 11.9. The Balaban J connectivity index is 2.13. The van der Waals surface area contributed by atoms with Gasteiger partial charge in [0.2, 0.25) is 0 Å². The normalized spacial score (nSPS) is 18.7. The van der Waals surface area contributed by atoms with Crippen molar-refractivity contribution in [2.24, 2.45) is 0 Å². The lowest BCUT2D eigenvalue weighted by Crippen LogP contribution is -2.18. The second kappa shape index (κ2) is 6.78. The molecule has 2 rings (SSSR count). The van der Waals surface area contributed by atoms with Crippen LogP contribution in [0.1, 0.15) is 20.3 Å². The summed E-state index contributed by atoms with van der Waals surface area (Å²) >= 11 is 2.00. The van der Waals surface area contributed by atoms with E-state index in [2.05, 4.69) is 5.32 Å². The Morgan fingerprint density at radius 3 is 2.78 bits per heavy atom. The van der Waals surface area contributed by atoms with Crippen LogP contribution < -0.4 is 14.8 Å². The number of thioether (sulfide) groups is 1. The number of hydrogen-bond acceptors (Lipinski definition) is 4. The Labute approximate surface area is 113 Å². The zero-order chi connectivity index (χ0) is 12.8. The van der Waals surface area contributed by atoms with E-state index in [1.165, 1.54) is 17.9 Å². The van der Waals surface area contributed by atoms with Gasteiger partial charge >= 0.3 is 0 Å². The molecule has 1 saturated heterocycles. The molecule has 18 heavy (non-hydrogen) atoms. The van der Waals surface area contributed by atoms with Crippen molar-refractivity contribution < 1.29 is 9.47 Å². The number of anilines is 1. The third-order valence-electron chi connectivity index (χ3n) is 2.85. The first-order valence-corrected chi connectivity index (χ1v) is 7.73. The minimum Gasteiger partial charge on any atom is -0.494 e. The van der Waals surface area contributed by atoms with Crippen molar-refractivity contribution >= 4 is 17.4 Å². The summed E-state index contributed by atoms with van der Waals surface area (Å²) in [6.07, 6.45) is 1.22. The molecule has 0 spiro atoms. The maximum absolute atomic E-state index is 5.66. The second-order valence-electron chi connectivity index (χ2n) is 4.23. The van der Waals surface area contributed by atoms with E-state index in [-0.39, 0.29) is 0 Å². The summed E-state index contributed by atoms with van der Waals surface area (Å²) in [6.45, 7) is 5.37. The Bertz CT molecular complexity index is 378. The van der Waals surface area contributed by atoms with Gasteiger partial charge in [-0.2, -0.15) is 11.8 Å². The Kier molecular flexibility index (Phi) is 5.05. The minimum atomic E-state index is 0.547. The van der Waals surface area contributed by atoms with Crippen molar-refractivity contribution in [3.63, 3.8) is 0 Å². The molecule has 3 nitrogen and oxygen atoms in total. The van der Waals surface area contributed by atoms with Crippen LogP contribution in [-0.4, -0.2) is 30.8 Å². The van der Waals surface area contributed by atoms with Gasteiger partial charge in [-0.1, -0.05) is 0 Å². The highest BCUT2D eigenvalue weighted by Crippen LogP contribution is 2.32. The number of nitrogens with one attached hydrogen (secondary N) is 1. The highest BCUT2D eigenvalue weighted by molar-refractivity contribution is 7.99. The molecule has 0 bridgehead atoms. The molecule has 1 aromatic carbocycles. The summed E-state index contributed by atoms with van der Waals surface area (Å²) in [5.74, 6) is 4.23. The van der Waals surface area contributed by atoms with E-state index in [9.17, 15) is 0 Å². The topological polar surface area (TPSA) is 30.5 Å². The second-order valence-corrected chi connectivity index (χ2v) is 5.38. The van der Waals surface area contributed by atoms with Gasteiger partial charge < -0.3 is 14.8 Å². The highest BCUT2D eigenvalue weighted by atomic mass is 32.2. The van der Waals surface area contributed by atoms with Gasteiger partial charge in [-0.05, 0) is 38.2 Å². The molecular formula is C14H21NO2S. The average molecular weight is 267 g/mol.